The SMILES string of the molecule is CCCC[S+]([O-])c1sc2nc(-c3nccs3)cc3c2c1[nH]n1cnnc31. The molecule has 0 spiro atoms. The number of aromatic nitrogens is 6. The van der Waals surface area contributed by atoms with Gasteiger partial charge >= 0.3 is 0 Å². The van der Waals surface area contributed by atoms with Crippen LogP contribution in [0.2, 0.25) is 0 Å². The summed E-state index contributed by atoms with van der Waals surface area (Å²) in [5.41, 5.74) is 2.39. The predicted molar refractivity (Wildman–Crippen MR) is 105 cm³/mol. The summed E-state index contributed by atoms with van der Waals surface area (Å²) in [6, 6.07) is 2.00. The summed E-state index contributed by atoms with van der Waals surface area (Å²) in [4.78, 5) is 10.0. The molecule has 0 aromatic carbocycles. The lowest BCUT2D eigenvalue weighted by Gasteiger charge is -2.08. The van der Waals surface area contributed by atoms with Crippen LogP contribution >= 0.6 is 22.7 Å². The molecule has 1 N–H and O–H groups in total. The van der Waals surface area contributed by atoms with Crippen LogP contribution in [0.15, 0.2) is 28.2 Å². The van der Waals surface area contributed by atoms with Crippen LogP contribution in [0.4, 0.5) is 0 Å². The van der Waals surface area contributed by atoms with Crippen molar-refractivity contribution in [3.63, 3.8) is 0 Å². The number of thiophene rings is 1. The first-order valence-electron chi connectivity index (χ1n) is 8.19. The average molecular weight is 403 g/mol. The first kappa shape index (κ1) is 16.2. The Kier molecular flexibility index (Phi) is 3.92. The second-order valence-electron chi connectivity index (χ2n) is 5.88. The van der Waals surface area contributed by atoms with E-state index in [1.165, 1.54) is 11.3 Å². The van der Waals surface area contributed by atoms with E-state index in [0.29, 0.717) is 5.75 Å². The number of nitrogens with zero attached hydrogens (tertiary/aromatic N) is 5. The van der Waals surface area contributed by atoms with Crippen molar-refractivity contribution in [2.75, 3.05) is 5.75 Å². The third kappa shape index (κ3) is 2.44. The van der Waals surface area contributed by atoms with Gasteiger partial charge in [0.1, 0.15) is 33.1 Å². The van der Waals surface area contributed by atoms with E-state index in [9.17, 15) is 4.55 Å². The van der Waals surface area contributed by atoms with Crippen LogP contribution in [-0.2, 0) is 11.2 Å². The number of pyridine rings is 1. The highest BCUT2D eigenvalue weighted by molar-refractivity contribution is 7.93. The van der Waals surface area contributed by atoms with Crippen LogP contribution in [-0.4, -0.2) is 40.1 Å². The molecule has 5 heterocycles. The molecular weight excluding hydrogens is 388 g/mol. The van der Waals surface area contributed by atoms with Gasteiger partial charge in [0.05, 0.1) is 5.39 Å². The van der Waals surface area contributed by atoms with E-state index in [0.717, 1.165) is 54.5 Å². The zero-order chi connectivity index (χ0) is 17.7. The lowest BCUT2D eigenvalue weighted by Crippen LogP contribution is -2.06. The molecule has 0 saturated heterocycles. The highest BCUT2D eigenvalue weighted by atomic mass is 32.2. The standard InChI is InChI=1S/C16H14N6OS3/c1-2-3-6-26(23)16-12-11-9(13-20-18-8-22(13)21-12)7-10(19-15(11)25-16)14-17-4-5-24-14/h4-5,7-8,21H,2-3,6H2,1H3. The van der Waals surface area contributed by atoms with E-state index in [1.54, 1.807) is 28.4 Å². The number of hydrogen-bond acceptors (Lipinski definition) is 7. The van der Waals surface area contributed by atoms with Gasteiger partial charge in [-0.25, -0.2) is 14.5 Å². The molecule has 0 aliphatic carbocycles. The monoisotopic (exact) mass is 402 g/mol. The number of H-pyrrole nitrogens is 1. The fourth-order valence-corrected chi connectivity index (χ4v) is 6.42. The molecule has 26 heavy (non-hydrogen) atoms. The third-order valence-electron chi connectivity index (χ3n) is 4.19. The van der Waals surface area contributed by atoms with E-state index >= 15 is 0 Å². The first-order valence-corrected chi connectivity index (χ1v) is 11.2. The largest absolute Gasteiger partial charge is 0.611 e. The van der Waals surface area contributed by atoms with Gasteiger partial charge in [-0.2, -0.15) is 0 Å². The first-order chi connectivity index (χ1) is 12.8. The molecule has 5 aromatic rings. The molecular formula is C16H14N6OS3. The quantitative estimate of drug-likeness (QED) is 0.451. The van der Waals surface area contributed by atoms with Crippen molar-refractivity contribution in [3.05, 3.63) is 24.0 Å². The normalized spacial score (nSPS) is 13.3. The zero-order valence-electron chi connectivity index (χ0n) is 13.8. The topological polar surface area (TPSA) is 94.8 Å². The van der Waals surface area contributed by atoms with Crippen molar-refractivity contribution in [1.82, 2.24) is 29.8 Å². The maximum absolute atomic E-state index is 12.9. The minimum Gasteiger partial charge on any atom is -0.611 e. The van der Waals surface area contributed by atoms with Crippen LogP contribution in [0.25, 0.3) is 37.5 Å². The van der Waals surface area contributed by atoms with Crippen molar-refractivity contribution < 1.29 is 4.55 Å². The molecule has 0 saturated carbocycles. The van der Waals surface area contributed by atoms with Gasteiger partial charge < -0.3 is 4.55 Å². The molecule has 0 aliphatic rings. The van der Waals surface area contributed by atoms with Gasteiger partial charge in [-0.15, -0.1) is 21.5 Å². The Labute approximate surface area is 159 Å². The highest BCUT2D eigenvalue weighted by Gasteiger charge is 2.25. The molecule has 0 bridgehead atoms. The summed E-state index contributed by atoms with van der Waals surface area (Å²) >= 11 is 1.97. The molecule has 1 atom stereocenters. The number of aromatic amines is 1. The third-order valence-corrected chi connectivity index (χ3v) is 7.95. The fraction of sp³-hybridized carbons (Fsp3) is 0.250. The highest BCUT2D eigenvalue weighted by Crippen LogP contribution is 2.40. The molecule has 0 radical (unpaired) electrons. The Morgan fingerprint density at radius 2 is 2.31 bits per heavy atom. The number of hydrogen-bond donors (Lipinski definition) is 1. The average Bonchev–Trinajstić information content (AvgIpc) is 3.39. The van der Waals surface area contributed by atoms with E-state index in [-0.39, 0.29) is 0 Å². The number of fused-ring (bicyclic) bond motifs is 2. The van der Waals surface area contributed by atoms with Crippen LogP contribution in [0.5, 0.6) is 0 Å². The smallest absolute Gasteiger partial charge is 0.234 e. The van der Waals surface area contributed by atoms with E-state index in [1.807, 2.05) is 11.4 Å². The molecule has 132 valence electrons. The van der Waals surface area contributed by atoms with Crippen LogP contribution < -0.4 is 0 Å². The van der Waals surface area contributed by atoms with Gasteiger partial charge in [0.2, 0.25) is 4.21 Å². The van der Waals surface area contributed by atoms with Gasteiger partial charge in [-0.05, 0) is 23.7 Å². The van der Waals surface area contributed by atoms with Crippen LogP contribution in [0.3, 0.4) is 0 Å². The molecule has 5 aromatic heterocycles. The molecule has 0 aliphatic heterocycles. The Balaban J connectivity index is 1.83. The molecule has 10 heteroatoms. The summed E-state index contributed by atoms with van der Waals surface area (Å²) < 4.78 is 15.5. The minimum absolute atomic E-state index is 0.654. The molecule has 5 rings (SSSR count). The second-order valence-corrected chi connectivity index (χ2v) is 9.54. The van der Waals surface area contributed by atoms with Gasteiger partial charge in [0.15, 0.2) is 5.65 Å². The van der Waals surface area contributed by atoms with E-state index < -0.39 is 11.2 Å². The van der Waals surface area contributed by atoms with Crippen molar-refractivity contribution in [3.8, 4) is 10.7 Å². The van der Waals surface area contributed by atoms with Gasteiger partial charge in [-0.1, -0.05) is 24.7 Å². The Bertz CT molecular complexity index is 1210. The second kappa shape index (κ2) is 6.31. The summed E-state index contributed by atoms with van der Waals surface area (Å²) in [6.07, 6.45) is 5.35. The predicted octanol–water partition coefficient (Wildman–Crippen LogP) is 3.85. The molecule has 1 unspecified atom stereocenters. The minimum atomic E-state index is -1.06. The number of nitrogens with one attached hydrogen (secondary N) is 1. The summed E-state index contributed by atoms with van der Waals surface area (Å²) in [6.45, 7) is 2.10. The van der Waals surface area contributed by atoms with Crippen molar-refractivity contribution in [2.24, 2.45) is 0 Å². The van der Waals surface area contributed by atoms with Crippen LogP contribution in [0, 0.1) is 0 Å². The zero-order valence-corrected chi connectivity index (χ0v) is 16.2. The maximum atomic E-state index is 12.9. The van der Waals surface area contributed by atoms with Crippen molar-refractivity contribution >= 4 is 60.6 Å². The van der Waals surface area contributed by atoms with Gasteiger partial charge in [0.25, 0.3) is 0 Å². The summed E-state index contributed by atoms with van der Waals surface area (Å²) in [5.74, 6) is 0.654. The summed E-state index contributed by atoms with van der Waals surface area (Å²) in [7, 11) is 0. The molecule has 0 fully saturated rings. The Morgan fingerprint density at radius 3 is 3.12 bits per heavy atom. The van der Waals surface area contributed by atoms with E-state index in [4.69, 9.17) is 4.98 Å². The van der Waals surface area contributed by atoms with Gasteiger partial charge in [0, 0.05) is 17.0 Å². The maximum Gasteiger partial charge on any atom is 0.234 e. The van der Waals surface area contributed by atoms with Gasteiger partial charge in [-0.3, -0.25) is 5.10 Å². The Morgan fingerprint density at radius 1 is 1.38 bits per heavy atom. The molecule has 7 nitrogen and oxygen atoms in total. The fourth-order valence-electron chi connectivity index (χ4n) is 2.96. The van der Waals surface area contributed by atoms with Crippen molar-refractivity contribution in [1.29, 1.82) is 0 Å². The Hall–Kier alpha value is -2.01. The number of thiazole rings is 1. The number of unbranched alkanes of at least 4 members (excludes halogenated alkanes) is 1. The number of rotatable bonds is 5. The molecule has 0 amide bonds. The summed E-state index contributed by atoms with van der Waals surface area (Å²) in [5, 5.41) is 16.3. The lowest BCUT2D eigenvalue weighted by atomic mass is 10.2. The van der Waals surface area contributed by atoms with Crippen molar-refractivity contribution in [2.45, 2.75) is 24.0 Å². The van der Waals surface area contributed by atoms with E-state index in [2.05, 4.69) is 27.2 Å². The van der Waals surface area contributed by atoms with Crippen LogP contribution in [0.1, 0.15) is 19.8 Å². The lowest BCUT2D eigenvalue weighted by molar-refractivity contribution is 0.594.